The molecule has 3 aliphatic rings. The van der Waals surface area contributed by atoms with Gasteiger partial charge in [0.1, 0.15) is 11.4 Å². The maximum absolute atomic E-state index is 12.1. The van der Waals surface area contributed by atoms with Crippen LogP contribution in [0.4, 0.5) is 4.79 Å². The van der Waals surface area contributed by atoms with Gasteiger partial charge in [-0.15, -0.1) is 0 Å². The minimum atomic E-state index is -0.0925. The molecule has 1 aromatic heterocycles. The van der Waals surface area contributed by atoms with Crippen molar-refractivity contribution >= 4 is 33.6 Å². The molecule has 0 bridgehead atoms. The zero-order valence-electron chi connectivity index (χ0n) is 10.2. The number of carbonyl (C=O) groups is 2. The molecule has 1 aliphatic carbocycles. The molecule has 0 radical (unpaired) electrons. The summed E-state index contributed by atoms with van der Waals surface area (Å²) in [6.45, 7) is 0. The van der Waals surface area contributed by atoms with Crippen LogP contribution in [-0.2, 0) is 0 Å². The lowest BCUT2D eigenvalue weighted by Gasteiger charge is -2.30. The summed E-state index contributed by atoms with van der Waals surface area (Å²) in [6, 6.07) is 3.60. The lowest BCUT2D eigenvalue weighted by atomic mass is 10.1. The third kappa shape index (κ3) is 1.28. The maximum Gasteiger partial charge on any atom is 0.491 e. The first-order valence-corrected chi connectivity index (χ1v) is 6.95. The van der Waals surface area contributed by atoms with Crippen LogP contribution in [0.25, 0.3) is 0 Å². The molecular formula is C12H12BrN4O2+. The van der Waals surface area contributed by atoms with E-state index >= 15 is 0 Å². The molecule has 4 rings (SSSR count). The number of amides is 3. The van der Waals surface area contributed by atoms with Gasteiger partial charge in [-0.05, 0) is 28.1 Å². The fourth-order valence-electron chi connectivity index (χ4n) is 3.38. The van der Waals surface area contributed by atoms with Crippen molar-refractivity contribution in [3.63, 3.8) is 0 Å². The highest BCUT2D eigenvalue weighted by molar-refractivity contribution is 9.10. The summed E-state index contributed by atoms with van der Waals surface area (Å²) in [5.74, 6) is -0.0861. The zero-order chi connectivity index (χ0) is 13.3. The van der Waals surface area contributed by atoms with Crippen LogP contribution in [0.5, 0.6) is 0 Å². The van der Waals surface area contributed by atoms with Gasteiger partial charge in [0.05, 0.1) is 23.7 Å². The van der Waals surface area contributed by atoms with Gasteiger partial charge in [-0.2, -0.15) is 9.37 Å². The predicted octanol–water partition coefficient (Wildman–Crippen LogP) is 0.482. The van der Waals surface area contributed by atoms with Gasteiger partial charge in [0.2, 0.25) is 0 Å². The van der Waals surface area contributed by atoms with Crippen molar-refractivity contribution in [3.8, 4) is 0 Å². The monoisotopic (exact) mass is 323 g/mol. The highest BCUT2D eigenvalue weighted by Crippen LogP contribution is 2.37. The van der Waals surface area contributed by atoms with Gasteiger partial charge in [-0.3, -0.25) is 4.79 Å². The molecule has 1 saturated carbocycles. The Balaban J connectivity index is 1.86. The summed E-state index contributed by atoms with van der Waals surface area (Å²) in [5, 5.41) is 5.95. The molecule has 3 heterocycles. The molecule has 2 N–H and O–H groups in total. The molecule has 19 heavy (non-hydrogen) atoms. The average Bonchev–Trinajstić information content (AvgIpc) is 2.98. The summed E-state index contributed by atoms with van der Waals surface area (Å²) in [5.41, 5.74) is 1.72. The lowest BCUT2D eigenvalue weighted by Crippen LogP contribution is -2.54. The minimum absolute atomic E-state index is 0.0763. The first-order valence-electron chi connectivity index (χ1n) is 6.15. The summed E-state index contributed by atoms with van der Waals surface area (Å²) >= 11 is 3.50. The summed E-state index contributed by atoms with van der Waals surface area (Å²) < 4.78 is 4.59. The van der Waals surface area contributed by atoms with Gasteiger partial charge < -0.3 is 9.88 Å². The number of nitrogens with zero attached hydrogens (tertiary/aromatic N) is 2. The van der Waals surface area contributed by atoms with Crippen molar-refractivity contribution < 1.29 is 14.2 Å². The number of hydrogen-bond donors (Lipinski definition) is 2. The quantitative estimate of drug-likeness (QED) is 0.682. The van der Waals surface area contributed by atoms with Gasteiger partial charge in [-0.1, -0.05) is 0 Å². The Labute approximate surface area is 117 Å². The van der Waals surface area contributed by atoms with Crippen LogP contribution in [-0.4, -0.2) is 45.9 Å². The fraction of sp³-hybridized carbons (Fsp3) is 0.417. The van der Waals surface area contributed by atoms with Crippen molar-refractivity contribution in [2.45, 2.75) is 24.5 Å². The Hall–Kier alpha value is -1.63. The molecule has 3 atom stereocenters. The van der Waals surface area contributed by atoms with Crippen molar-refractivity contribution in [2.75, 3.05) is 7.05 Å². The van der Waals surface area contributed by atoms with E-state index in [0.717, 1.165) is 16.7 Å². The first kappa shape index (κ1) is 11.2. The van der Waals surface area contributed by atoms with E-state index in [4.69, 9.17) is 0 Å². The Bertz CT molecular complexity index is 663. The van der Waals surface area contributed by atoms with Crippen LogP contribution in [0.2, 0.25) is 0 Å². The Kier molecular flexibility index (Phi) is 2.05. The van der Waals surface area contributed by atoms with Gasteiger partial charge in [0.25, 0.3) is 5.91 Å². The van der Waals surface area contributed by atoms with E-state index in [1.165, 1.54) is 0 Å². The maximum atomic E-state index is 12.1. The summed E-state index contributed by atoms with van der Waals surface area (Å²) in [4.78, 5) is 23.8. The van der Waals surface area contributed by atoms with E-state index in [1.807, 2.05) is 16.7 Å². The second-order valence-corrected chi connectivity index (χ2v) is 5.97. The normalized spacial score (nSPS) is 31.8. The molecule has 0 aromatic carbocycles. The Morgan fingerprint density at radius 3 is 2.95 bits per heavy atom. The van der Waals surface area contributed by atoms with Crippen molar-refractivity contribution in [3.05, 3.63) is 22.4 Å². The molecule has 0 saturated heterocycles. The van der Waals surface area contributed by atoms with Gasteiger partial charge in [0, 0.05) is 6.42 Å². The van der Waals surface area contributed by atoms with Crippen LogP contribution >= 0.6 is 15.9 Å². The summed E-state index contributed by atoms with van der Waals surface area (Å²) in [6.07, 6.45) is 0.769. The number of rotatable bonds is 0. The average molecular weight is 324 g/mol. The van der Waals surface area contributed by atoms with E-state index < -0.39 is 0 Å². The largest absolute Gasteiger partial charge is 0.491 e. The molecule has 1 fully saturated rings. The number of fused-ring (bicyclic) bond motifs is 5. The van der Waals surface area contributed by atoms with E-state index in [2.05, 4.69) is 26.6 Å². The highest BCUT2D eigenvalue weighted by atomic mass is 79.9. The summed E-state index contributed by atoms with van der Waals surface area (Å²) in [7, 11) is 1.77. The molecule has 1 aromatic rings. The van der Waals surface area contributed by atoms with Crippen molar-refractivity contribution in [2.24, 2.45) is 0 Å². The molecule has 2 aliphatic heterocycles. The van der Waals surface area contributed by atoms with Crippen LogP contribution in [0.3, 0.4) is 0 Å². The highest BCUT2D eigenvalue weighted by Gasteiger charge is 2.55. The Morgan fingerprint density at radius 2 is 2.16 bits per heavy atom. The third-order valence-electron chi connectivity index (χ3n) is 4.30. The first-order chi connectivity index (χ1) is 9.08. The SMILES string of the molecule is C[N+]1=C2C[C@@H]3[C@@H](NC(=O)c4ccc(Br)n43)[C@@H]2NC1=O. The Morgan fingerprint density at radius 1 is 1.37 bits per heavy atom. The number of urea groups is 1. The number of aromatic nitrogens is 1. The molecular weight excluding hydrogens is 312 g/mol. The topological polar surface area (TPSA) is 66.1 Å². The second kappa shape index (κ2) is 3.47. The number of nitrogens with one attached hydrogen (secondary N) is 2. The van der Waals surface area contributed by atoms with Crippen molar-refractivity contribution in [1.82, 2.24) is 15.2 Å². The molecule has 98 valence electrons. The molecule has 7 heteroatoms. The number of halogens is 1. The van der Waals surface area contributed by atoms with Gasteiger partial charge in [-0.25, -0.2) is 5.32 Å². The number of hydrogen-bond acceptors (Lipinski definition) is 2. The van der Waals surface area contributed by atoms with Crippen molar-refractivity contribution in [1.29, 1.82) is 0 Å². The molecule has 3 amide bonds. The number of carbonyl (C=O) groups excluding carboxylic acids is 2. The zero-order valence-corrected chi connectivity index (χ0v) is 11.8. The second-order valence-electron chi connectivity index (χ2n) is 5.16. The molecule has 0 unspecified atom stereocenters. The smallest absolute Gasteiger partial charge is 0.341 e. The van der Waals surface area contributed by atoms with Crippen LogP contribution in [0.15, 0.2) is 16.7 Å². The van der Waals surface area contributed by atoms with E-state index in [9.17, 15) is 9.59 Å². The lowest BCUT2D eigenvalue weighted by molar-refractivity contribution is -0.388. The van der Waals surface area contributed by atoms with E-state index in [-0.39, 0.29) is 30.1 Å². The molecule has 6 nitrogen and oxygen atoms in total. The standard InChI is InChI=1S/C12H11BrN4O2/c1-16-6-4-7-10(9(6)15-12(16)19)14-11(18)5-2-3-8(13)17(5)7/h2-3,7,9-10H,4H2,1H3,(H-,14,15,18,19)/p+1/t7-,9-,10-/m1/s1. The predicted molar refractivity (Wildman–Crippen MR) is 70.6 cm³/mol. The fourth-order valence-corrected chi connectivity index (χ4v) is 3.96. The molecule has 0 spiro atoms. The van der Waals surface area contributed by atoms with Gasteiger partial charge >= 0.3 is 6.03 Å². The third-order valence-corrected chi connectivity index (χ3v) is 4.94. The van der Waals surface area contributed by atoms with E-state index in [0.29, 0.717) is 5.69 Å². The van der Waals surface area contributed by atoms with Crippen LogP contribution < -0.4 is 10.6 Å². The minimum Gasteiger partial charge on any atom is -0.341 e. The van der Waals surface area contributed by atoms with Gasteiger partial charge in [0.15, 0.2) is 6.04 Å². The van der Waals surface area contributed by atoms with Crippen LogP contribution in [0, 0.1) is 0 Å². The van der Waals surface area contributed by atoms with E-state index in [1.54, 1.807) is 11.6 Å². The van der Waals surface area contributed by atoms with Crippen LogP contribution in [0.1, 0.15) is 23.0 Å².